The first kappa shape index (κ1) is 21.3. The molecule has 1 N–H and O–H groups in total. The maximum Gasteiger partial charge on any atom is 0.264 e. The Balaban J connectivity index is 2.21. The van der Waals surface area contributed by atoms with Crippen molar-refractivity contribution in [3.8, 4) is 0 Å². The van der Waals surface area contributed by atoms with E-state index < -0.39 is 10.0 Å². The van der Waals surface area contributed by atoms with E-state index in [1.54, 1.807) is 74.3 Å². The molecule has 27 heavy (non-hydrogen) atoms. The standard InChI is InChI=1S/C19H24N2O4S2/c1-4-21(27(23,24)18-11-9-17(26-3)10-12-18)16-7-5-15(6-8-16)19(22)20-13-14-25-2/h5-12H,4,13-14H2,1-3H3,(H,20,22). The van der Waals surface area contributed by atoms with Gasteiger partial charge in [-0.15, -0.1) is 11.8 Å². The lowest BCUT2D eigenvalue weighted by Crippen LogP contribution is -2.31. The Morgan fingerprint density at radius 2 is 1.74 bits per heavy atom. The number of hydrogen-bond acceptors (Lipinski definition) is 5. The Bertz CT molecular complexity index is 850. The first-order valence-corrected chi connectivity index (χ1v) is 11.1. The van der Waals surface area contributed by atoms with E-state index in [-0.39, 0.29) is 17.3 Å². The molecular formula is C19H24N2O4S2. The first-order chi connectivity index (χ1) is 12.9. The van der Waals surface area contributed by atoms with Gasteiger partial charge in [-0.3, -0.25) is 9.10 Å². The third-order valence-corrected chi connectivity index (χ3v) is 6.60. The molecule has 146 valence electrons. The molecule has 0 aliphatic rings. The lowest BCUT2D eigenvalue weighted by Gasteiger charge is -2.23. The van der Waals surface area contributed by atoms with Crippen molar-refractivity contribution in [3.63, 3.8) is 0 Å². The molecule has 0 radical (unpaired) electrons. The molecule has 0 bridgehead atoms. The fourth-order valence-electron chi connectivity index (χ4n) is 2.51. The number of rotatable bonds is 9. The van der Waals surface area contributed by atoms with Gasteiger partial charge in [0.25, 0.3) is 15.9 Å². The molecule has 0 atom stereocenters. The van der Waals surface area contributed by atoms with Crippen LogP contribution in [0.3, 0.4) is 0 Å². The summed E-state index contributed by atoms with van der Waals surface area (Å²) < 4.78 is 32.2. The minimum Gasteiger partial charge on any atom is -0.383 e. The summed E-state index contributed by atoms with van der Waals surface area (Å²) in [5.41, 5.74) is 0.979. The SMILES string of the molecule is CCN(c1ccc(C(=O)NCCOC)cc1)S(=O)(=O)c1ccc(SC)cc1. The lowest BCUT2D eigenvalue weighted by molar-refractivity contribution is 0.0937. The van der Waals surface area contributed by atoms with E-state index in [0.29, 0.717) is 24.4 Å². The molecule has 2 rings (SSSR count). The Hall–Kier alpha value is -2.03. The van der Waals surface area contributed by atoms with Crippen LogP contribution < -0.4 is 9.62 Å². The summed E-state index contributed by atoms with van der Waals surface area (Å²) in [6, 6.07) is 13.3. The average molecular weight is 409 g/mol. The minimum absolute atomic E-state index is 0.225. The number of benzene rings is 2. The van der Waals surface area contributed by atoms with Crippen LogP contribution in [0.1, 0.15) is 17.3 Å². The number of nitrogens with zero attached hydrogens (tertiary/aromatic N) is 1. The number of anilines is 1. The first-order valence-electron chi connectivity index (χ1n) is 8.48. The Labute approximate surface area is 165 Å². The monoisotopic (exact) mass is 408 g/mol. The van der Waals surface area contributed by atoms with Crippen molar-refractivity contribution >= 4 is 33.4 Å². The number of carbonyl (C=O) groups is 1. The molecule has 0 aliphatic heterocycles. The topological polar surface area (TPSA) is 75.7 Å². The maximum absolute atomic E-state index is 13.0. The van der Waals surface area contributed by atoms with E-state index in [9.17, 15) is 13.2 Å². The molecule has 2 aromatic rings. The van der Waals surface area contributed by atoms with E-state index in [2.05, 4.69) is 5.32 Å². The van der Waals surface area contributed by atoms with E-state index in [4.69, 9.17) is 4.74 Å². The van der Waals surface area contributed by atoms with Crippen molar-refractivity contribution in [3.05, 3.63) is 54.1 Å². The zero-order valence-electron chi connectivity index (χ0n) is 15.6. The summed E-state index contributed by atoms with van der Waals surface area (Å²) >= 11 is 1.56. The predicted molar refractivity (Wildman–Crippen MR) is 109 cm³/mol. The molecular weight excluding hydrogens is 384 g/mol. The van der Waals surface area contributed by atoms with Crippen LogP contribution in [0.25, 0.3) is 0 Å². The van der Waals surface area contributed by atoms with Gasteiger partial charge in [0.1, 0.15) is 0 Å². The zero-order valence-corrected chi connectivity index (χ0v) is 17.3. The lowest BCUT2D eigenvalue weighted by atomic mass is 10.2. The molecule has 0 saturated heterocycles. The number of sulfonamides is 1. The highest BCUT2D eigenvalue weighted by atomic mass is 32.2. The van der Waals surface area contributed by atoms with Crippen LogP contribution in [0.2, 0.25) is 0 Å². The van der Waals surface area contributed by atoms with Gasteiger partial charge in [-0.2, -0.15) is 0 Å². The van der Waals surface area contributed by atoms with Gasteiger partial charge in [-0.05, 0) is 61.7 Å². The Morgan fingerprint density at radius 1 is 1.11 bits per heavy atom. The second kappa shape index (κ2) is 9.77. The van der Waals surface area contributed by atoms with Crippen LogP contribution >= 0.6 is 11.8 Å². The highest BCUT2D eigenvalue weighted by Gasteiger charge is 2.23. The van der Waals surface area contributed by atoms with Crippen LogP contribution in [0.15, 0.2) is 58.3 Å². The summed E-state index contributed by atoms with van der Waals surface area (Å²) in [7, 11) is -2.11. The summed E-state index contributed by atoms with van der Waals surface area (Å²) in [5, 5.41) is 2.73. The van der Waals surface area contributed by atoms with Crippen LogP contribution in [-0.4, -0.2) is 47.4 Å². The Morgan fingerprint density at radius 3 is 2.26 bits per heavy atom. The fraction of sp³-hybridized carbons (Fsp3) is 0.316. The van der Waals surface area contributed by atoms with E-state index >= 15 is 0 Å². The van der Waals surface area contributed by atoms with Gasteiger partial charge in [0.2, 0.25) is 0 Å². The van der Waals surface area contributed by atoms with Gasteiger partial charge in [0.15, 0.2) is 0 Å². The predicted octanol–water partition coefficient (Wildman–Crippen LogP) is 3.00. The molecule has 0 spiro atoms. The number of methoxy groups -OCH3 is 1. The number of carbonyl (C=O) groups excluding carboxylic acids is 1. The van der Waals surface area contributed by atoms with Gasteiger partial charge in [0, 0.05) is 30.7 Å². The number of nitrogens with one attached hydrogen (secondary N) is 1. The smallest absolute Gasteiger partial charge is 0.264 e. The third kappa shape index (κ3) is 5.24. The molecule has 0 fully saturated rings. The maximum atomic E-state index is 13.0. The quantitative estimate of drug-likeness (QED) is 0.510. The molecule has 0 unspecified atom stereocenters. The van der Waals surface area contributed by atoms with Crippen LogP contribution in [0.4, 0.5) is 5.69 Å². The van der Waals surface area contributed by atoms with Crippen molar-refractivity contribution in [2.75, 3.05) is 37.4 Å². The molecule has 2 aromatic carbocycles. The molecule has 1 amide bonds. The van der Waals surface area contributed by atoms with Crippen molar-refractivity contribution < 1.29 is 17.9 Å². The van der Waals surface area contributed by atoms with Gasteiger partial charge in [-0.25, -0.2) is 8.42 Å². The van der Waals surface area contributed by atoms with Gasteiger partial charge >= 0.3 is 0 Å². The van der Waals surface area contributed by atoms with Gasteiger partial charge < -0.3 is 10.1 Å². The second-order valence-corrected chi connectivity index (χ2v) is 8.38. The van der Waals surface area contributed by atoms with E-state index in [1.807, 2.05) is 6.26 Å². The number of hydrogen-bond donors (Lipinski definition) is 1. The molecule has 0 heterocycles. The number of amides is 1. The fourth-order valence-corrected chi connectivity index (χ4v) is 4.40. The van der Waals surface area contributed by atoms with Gasteiger partial charge in [-0.1, -0.05) is 0 Å². The summed E-state index contributed by atoms with van der Waals surface area (Å²) in [5.74, 6) is -0.225. The largest absolute Gasteiger partial charge is 0.383 e. The molecule has 0 aliphatic carbocycles. The number of ether oxygens (including phenoxy) is 1. The van der Waals surface area contributed by atoms with E-state index in [1.165, 1.54) is 4.31 Å². The van der Waals surface area contributed by atoms with E-state index in [0.717, 1.165) is 4.90 Å². The summed E-state index contributed by atoms with van der Waals surface area (Å²) in [6.45, 7) is 2.91. The molecule has 8 heteroatoms. The van der Waals surface area contributed by atoms with Crippen LogP contribution in [-0.2, 0) is 14.8 Å². The zero-order chi connectivity index (χ0) is 19.9. The second-order valence-electron chi connectivity index (χ2n) is 5.64. The summed E-state index contributed by atoms with van der Waals surface area (Å²) in [4.78, 5) is 13.3. The van der Waals surface area contributed by atoms with Crippen LogP contribution in [0, 0.1) is 0 Å². The van der Waals surface area contributed by atoms with Crippen LogP contribution in [0.5, 0.6) is 0 Å². The minimum atomic E-state index is -3.67. The normalized spacial score (nSPS) is 11.2. The molecule has 0 saturated carbocycles. The van der Waals surface area contributed by atoms with Crippen molar-refractivity contribution in [2.24, 2.45) is 0 Å². The van der Waals surface area contributed by atoms with Gasteiger partial charge in [0.05, 0.1) is 17.2 Å². The Kier molecular flexibility index (Phi) is 7.70. The third-order valence-electron chi connectivity index (χ3n) is 3.94. The van der Waals surface area contributed by atoms with Crippen molar-refractivity contribution in [2.45, 2.75) is 16.7 Å². The molecule has 6 nitrogen and oxygen atoms in total. The number of thioether (sulfide) groups is 1. The highest BCUT2D eigenvalue weighted by Crippen LogP contribution is 2.25. The van der Waals surface area contributed by atoms with Crippen molar-refractivity contribution in [1.82, 2.24) is 5.32 Å². The summed E-state index contributed by atoms with van der Waals surface area (Å²) in [6.07, 6.45) is 1.94. The highest BCUT2D eigenvalue weighted by molar-refractivity contribution is 7.98. The molecule has 0 aromatic heterocycles. The average Bonchev–Trinajstić information content (AvgIpc) is 2.69. The van der Waals surface area contributed by atoms with Crippen molar-refractivity contribution in [1.29, 1.82) is 0 Å².